The van der Waals surface area contributed by atoms with Crippen molar-refractivity contribution in [2.75, 3.05) is 20.2 Å². The number of halogens is 3. The van der Waals surface area contributed by atoms with Crippen molar-refractivity contribution in [1.82, 2.24) is 15.5 Å². The Bertz CT molecular complexity index is 1020. The van der Waals surface area contributed by atoms with Crippen LogP contribution in [0.15, 0.2) is 48.5 Å². The lowest BCUT2D eigenvalue weighted by Crippen LogP contribution is -2.54. The Balaban J connectivity index is 1.54. The molecule has 2 amide bonds. The summed E-state index contributed by atoms with van der Waals surface area (Å²) >= 11 is 0. The topological polar surface area (TPSA) is 70.7 Å². The van der Waals surface area contributed by atoms with Gasteiger partial charge >= 0.3 is 6.18 Å². The second-order valence-corrected chi connectivity index (χ2v) is 9.15. The number of methoxy groups -OCH3 is 1. The summed E-state index contributed by atoms with van der Waals surface area (Å²) in [4.78, 5) is 27.9. The Kier molecular flexibility index (Phi) is 8.77. The molecule has 0 radical (unpaired) electrons. The van der Waals surface area contributed by atoms with Gasteiger partial charge in [0.25, 0.3) is 5.91 Å². The molecule has 1 saturated heterocycles. The number of benzene rings is 2. The zero-order valence-electron chi connectivity index (χ0n) is 20.2. The molecule has 3 rings (SSSR count). The van der Waals surface area contributed by atoms with Gasteiger partial charge in [0.15, 0.2) is 0 Å². The molecule has 2 aromatic rings. The minimum atomic E-state index is -4.36. The first-order chi connectivity index (χ1) is 16.6. The van der Waals surface area contributed by atoms with Crippen LogP contribution in [0.1, 0.15) is 48.2 Å². The van der Waals surface area contributed by atoms with Gasteiger partial charge in [0.2, 0.25) is 5.91 Å². The molecule has 2 aromatic carbocycles. The van der Waals surface area contributed by atoms with Crippen molar-refractivity contribution >= 4 is 11.8 Å². The van der Waals surface area contributed by atoms with E-state index in [9.17, 15) is 22.8 Å². The molecule has 0 saturated carbocycles. The first kappa shape index (κ1) is 26.5. The van der Waals surface area contributed by atoms with Gasteiger partial charge in [-0.15, -0.1) is 0 Å². The van der Waals surface area contributed by atoms with E-state index in [1.807, 2.05) is 13.8 Å². The SMILES string of the molecule is COc1ccccc1C(=O)NC(C(=O)NC1CCN(Cc2cccc(C(F)(F)F)c2)CC1)C(C)C. The third-order valence-electron chi connectivity index (χ3n) is 6.18. The van der Waals surface area contributed by atoms with Crippen LogP contribution >= 0.6 is 0 Å². The van der Waals surface area contributed by atoms with Crippen LogP contribution in [-0.2, 0) is 17.5 Å². The highest BCUT2D eigenvalue weighted by atomic mass is 19.4. The van der Waals surface area contributed by atoms with Gasteiger partial charge in [-0.3, -0.25) is 14.5 Å². The minimum Gasteiger partial charge on any atom is -0.496 e. The quantitative estimate of drug-likeness (QED) is 0.579. The number of carbonyl (C=O) groups excluding carboxylic acids is 2. The predicted molar refractivity (Wildman–Crippen MR) is 127 cm³/mol. The lowest BCUT2D eigenvalue weighted by atomic mass is 9.99. The summed E-state index contributed by atoms with van der Waals surface area (Å²) in [6.45, 7) is 5.46. The van der Waals surface area contributed by atoms with E-state index in [4.69, 9.17) is 4.74 Å². The van der Waals surface area contributed by atoms with Crippen LogP contribution < -0.4 is 15.4 Å². The fourth-order valence-corrected chi connectivity index (χ4v) is 4.22. The van der Waals surface area contributed by atoms with Gasteiger partial charge in [0.05, 0.1) is 18.2 Å². The summed E-state index contributed by atoms with van der Waals surface area (Å²) in [5.74, 6) is -0.331. The van der Waals surface area contributed by atoms with Crippen molar-refractivity contribution in [3.63, 3.8) is 0 Å². The molecule has 1 atom stereocenters. The number of ether oxygens (including phenoxy) is 1. The summed E-state index contributed by atoms with van der Waals surface area (Å²) < 4.78 is 44.1. The first-order valence-corrected chi connectivity index (χ1v) is 11.7. The zero-order valence-corrected chi connectivity index (χ0v) is 20.2. The van der Waals surface area contributed by atoms with E-state index in [1.54, 1.807) is 30.3 Å². The molecular formula is C26H32F3N3O3. The number of nitrogens with one attached hydrogen (secondary N) is 2. The molecule has 0 aromatic heterocycles. The van der Waals surface area contributed by atoms with Crippen LogP contribution in [-0.4, -0.2) is 49.0 Å². The lowest BCUT2D eigenvalue weighted by Gasteiger charge is -2.33. The Labute approximate surface area is 203 Å². The van der Waals surface area contributed by atoms with Crippen LogP contribution in [0, 0.1) is 5.92 Å². The number of amides is 2. The molecule has 0 aliphatic carbocycles. The van der Waals surface area contributed by atoms with Crippen LogP contribution in [0.4, 0.5) is 13.2 Å². The fourth-order valence-electron chi connectivity index (χ4n) is 4.22. The van der Waals surface area contributed by atoms with Gasteiger partial charge in [-0.05, 0) is 42.5 Å². The molecule has 1 aliphatic rings. The molecule has 2 N–H and O–H groups in total. The molecule has 1 heterocycles. The normalized spacial score (nSPS) is 16.1. The largest absolute Gasteiger partial charge is 0.496 e. The van der Waals surface area contributed by atoms with Crippen molar-refractivity contribution in [3.8, 4) is 5.75 Å². The van der Waals surface area contributed by atoms with E-state index in [-0.39, 0.29) is 23.8 Å². The number of rotatable bonds is 8. The van der Waals surface area contributed by atoms with Gasteiger partial charge in [-0.25, -0.2) is 0 Å². The molecule has 190 valence electrons. The van der Waals surface area contributed by atoms with Crippen molar-refractivity contribution in [2.24, 2.45) is 5.92 Å². The average Bonchev–Trinajstić information content (AvgIpc) is 2.83. The minimum absolute atomic E-state index is 0.0651. The second-order valence-electron chi connectivity index (χ2n) is 9.15. The Morgan fingerprint density at radius 1 is 1.09 bits per heavy atom. The molecule has 6 nitrogen and oxygen atoms in total. The van der Waals surface area contributed by atoms with Gasteiger partial charge in [0.1, 0.15) is 11.8 Å². The number of carbonyl (C=O) groups is 2. The van der Waals surface area contributed by atoms with Gasteiger partial charge in [-0.1, -0.05) is 44.2 Å². The smallest absolute Gasteiger partial charge is 0.416 e. The van der Waals surface area contributed by atoms with Crippen molar-refractivity contribution in [1.29, 1.82) is 0 Å². The number of hydrogen-bond donors (Lipinski definition) is 2. The number of piperidine rings is 1. The first-order valence-electron chi connectivity index (χ1n) is 11.7. The van der Waals surface area contributed by atoms with E-state index < -0.39 is 17.8 Å². The standard InChI is InChI=1S/C26H32F3N3O3/c1-17(2)23(31-24(33)21-9-4-5-10-22(21)35-3)25(34)30-20-11-13-32(14-12-20)16-18-7-6-8-19(15-18)26(27,28)29/h4-10,15,17,20,23H,11-14,16H2,1-3H3,(H,30,34)(H,31,33). The van der Waals surface area contributed by atoms with Crippen LogP contribution in [0.3, 0.4) is 0 Å². The summed E-state index contributed by atoms with van der Waals surface area (Å²) in [7, 11) is 1.48. The third kappa shape index (κ3) is 7.21. The Morgan fingerprint density at radius 3 is 2.40 bits per heavy atom. The van der Waals surface area contributed by atoms with E-state index in [1.165, 1.54) is 19.2 Å². The van der Waals surface area contributed by atoms with Crippen LogP contribution in [0.2, 0.25) is 0 Å². The van der Waals surface area contributed by atoms with Crippen LogP contribution in [0.25, 0.3) is 0 Å². The van der Waals surface area contributed by atoms with Gasteiger partial charge in [0, 0.05) is 25.7 Å². The molecule has 1 unspecified atom stereocenters. The van der Waals surface area contributed by atoms with E-state index in [0.29, 0.717) is 49.4 Å². The number of hydrogen-bond acceptors (Lipinski definition) is 4. The average molecular weight is 492 g/mol. The highest BCUT2D eigenvalue weighted by Gasteiger charge is 2.31. The highest BCUT2D eigenvalue weighted by molar-refractivity contribution is 5.99. The molecular weight excluding hydrogens is 459 g/mol. The number of para-hydroxylation sites is 1. The maximum Gasteiger partial charge on any atom is 0.416 e. The van der Waals surface area contributed by atoms with Crippen molar-refractivity contribution in [2.45, 2.75) is 51.5 Å². The summed E-state index contributed by atoms with van der Waals surface area (Å²) in [6, 6.07) is 11.4. The monoisotopic (exact) mass is 491 g/mol. The van der Waals surface area contributed by atoms with E-state index in [2.05, 4.69) is 15.5 Å². The van der Waals surface area contributed by atoms with E-state index in [0.717, 1.165) is 6.07 Å². The molecule has 0 bridgehead atoms. The van der Waals surface area contributed by atoms with Crippen molar-refractivity contribution in [3.05, 3.63) is 65.2 Å². The van der Waals surface area contributed by atoms with E-state index >= 15 is 0 Å². The number of alkyl halides is 3. The van der Waals surface area contributed by atoms with Crippen molar-refractivity contribution < 1.29 is 27.5 Å². The maximum absolute atomic E-state index is 13.0. The number of likely N-dealkylation sites (tertiary alicyclic amines) is 1. The number of nitrogens with zero attached hydrogens (tertiary/aromatic N) is 1. The summed E-state index contributed by atoms with van der Waals surface area (Å²) in [5.41, 5.74) is 0.324. The van der Waals surface area contributed by atoms with Crippen LogP contribution in [0.5, 0.6) is 5.75 Å². The lowest BCUT2D eigenvalue weighted by molar-refractivity contribution is -0.137. The third-order valence-corrected chi connectivity index (χ3v) is 6.18. The summed E-state index contributed by atoms with van der Waals surface area (Å²) in [6.07, 6.45) is -3.01. The predicted octanol–water partition coefficient (Wildman–Crippen LogP) is 4.25. The molecule has 1 aliphatic heterocycles. The zero-order chi connectivity index (χ0) is 25.6. The Morgan fingerprint density at radius 2 is 1.77 bits per heavy atom. The molecule has 35 heavy (non-hydrogen) atoms. The summed E-state index contributed by atoms with van der Waals surface area (Å²) in [5, 5.41) is 5.86. The highest BCUT2D eigenvalue weighted by Crippen LogP contribution is 2.30. The van der Waals surface area contributed by atoms with Gasteiger partial charge < -0.3 is 15.4 Å². The molecule has 9 heteroatoms. The maximum atomic E-state index is 13.0. The fraction of sp³-hybridized carbons (Fsp3) is 0.462. The van der Waals surface area contributed by atoms with Gasteiger partial charge in [-0.2, -0.15) is 13.2 Å². The Hall–Kier alpha value is -3.07. The second kappa shape index (κ2) is 11.6. The molecule has 1 fully saturated rings. The molecule has 0 spiro atoms.